The molecule has 0 aliphatic rings. The number of benzene rings is 7. The van der Waals surface area contributed by atoms with Crippen molar-refractivity contribution >= 4 is 0 Å². The van der Waals surface area contributed by atoms with Crippen molar-refractivity contribution in [3.8, 4) is 78.3 Å². The molecule has 0 saturated heterocycles. The van der Waals surface area contributed by atoms with Gasteiger partial charge in [-0.3, -0.25) is 15.0 Å². The Balaban J connectivity index is 1.03. The first-order chi connectivity index (χ1) is 32.1. The molecule has 0 saturated carbocycles. The molecule has 3 nitrogen and oxygen atoms in total. The van der Waals surface area contributed by atoms with Crippen molar-refractivity contribution in [2.45, 2.75) is 32.6 Å². The molecule has 0 aliphatic carbocycles. The van der Waals surface area contributed by atoms with Gasteiger partial charge in [0.1, 0.15) is 0 Å². The van der Waals surface area contributed by atoms with Gasteiger partial charge in [-0.15, -0.1) is 0 Å². The van der Waals surface area contributed by atoms with Crippen LogP contribution in [-0.4, -0.2) is 15.0 Å². The lowest BCUT2D eigenvalue weighted by atomic mass is 9.86. The molecule has 0 aliphatic heterocycles. The summed E-state index contributed by atoms with van der Waals surface area (Å²) in [5.41, 5.74) is 22.4. The van der Waals surface area contributed by atoms with Crippen LogP contribution < -0.4 is 0 Å². The SMILES string of the molecule is Cc1ccc(-c2ccc(-c3ccccc3-c3cc(CCc4ccc(-c5ccccn5)cc4)cc(CCc4ccc(-c5ccccn5)cc4)c3)c(-c3cccc(-c4ccccc4)c3)c2)nc1. The number of pyridine rings is 3. The number of nitrogens with zero attached hydrogens (tertiary/aromatic N) is 3. The van der Waals surface area contributed by atoms with Crippen LogP contribution in [0, 0.1) is 6.92 Å². The molecule has 0 bridgehead atoms. The van der Waals surface area contributed by atoms with E-state index in [2.05, 4.69) is 205 Å². The van der Waals surface area contributed by atoms with Crippen LogP contribution in [0.25, 0.3) is 78.3 Å². The second-order valence-electron chi connectivity index (χ2n) is 16.8. The van der Waals surface area contributed by atoms with Crippen LogP contribution in [0.2, 0.25) is 0 Å². The zero-order valence-electron chi connectivity index (χ0n) is 36.6. The summed E-state index contributed by atoms with van der Waals surface area (Å²) in [5, 5.41) is 0. The lowest BCUT2D eigenvalue weighted by molar-refractivity contribution is 0.931. The summed E-state index contributed by atoms with van der Waals surface area (Å²) in [7, 11) is 0. The van der Waals surface area contributed by atoms with E-state index in [-0.39, 0.29) is 0 Å². The predicted molar refractivity (Wildman–Crippen MR) is 270 cm³/mol. The first kappa shape index (κ1) is 41.0. The summed E-state index contributed by atoms with van der Waals surface area (Å²) < 4.78 is 0. The Morgan fingerprint density at radius 1 is 0.277 bits per heavy atom. The average molecular weight is 836 g/mol. The maximum Gasteiger partial charge on any atom is 0.0702 e. The molecular weight excluding hydrogens is 787 g/mol. The van der Waals surface area contributed by atoms with E-state index >= 15 is 0 Å². The van der Waals surface area contributed by atoms with Gasteiger partial charge in [-0.05, 0) is 147 Å². The Hall–Kier alpha value is -8.01. The van der Waals surface area contributed by atoms with E-state index in [1.807, 2.05) is 42.9 Å². The van der Waals surface area contributed by atoms with Crippen molar-refractivity contribution in [2.75, 3.05) is 0 Å². The predicted octanol–water partition coefficient (Wildman–Crippen LogP) is 15.4. The lowest BCUT2D eigenvalue weighted by Crippen LogP contribution is -1.98. The van der Waals surface area contributed by atoms with E-state index in [9.17, 15) is 0 Å². The van der Waals surface area contributed by atoms with Gasteiger partial charge in [-0.1, -0.05) is 170 Å². The minimum atomic E-state index is 0.931. The van der Waals surface area contributed by atoms with Gasteiger partial charge in [-0.2, -0.15) is 0 Å². The smallest absolute Gasteiger partial charge is 0.0702 e. The molecule has 10 aromatic rings. The molecule has 3 heteroatoms. The van der Waals surface area contributed by atoms with Crippen molar-refractivity contribution < 1.29 is 0 Å². The van der Waals surface area contributed by atoms with Crippen molar-refractivity contribution in [1.29, 1.82) is 0 Å². The van der Waals surface area contributed by atoms with Crippen molar-refractivity contribution in [3.63, 3.8) is 0 Å². The second-order valence-corrected chi connectivity index (χ2v) is 16.8. The van der Waals surface area contributed by atoms with E-state index in [4.69, 9.17) is 4.98 Å². The van der Waals surface area contributed by atoms with Crippen molar-refractivity contribution in [1.82, 2.24) is 15.0 Å². The largest absolute Gasteiger partial charge is 0.256 e. The first-order valence-corrected chi connectivity index (χ1v) is 22.6. The van der Waals surface area contributed by atoms with E-state index in [1.165, 1.54) is 66.8 Å². The Bertz CT molecular complexity index is 3050. The third kappa shape index (κ3) is 9.66. The Kier molecular flexibility index (Phi) is 12.1. The van der Waals surface area contributed by atoms with Crippen LogP contribution in [0.15, 0.2) is 231 Å². The van der Waals surface area contributed by atoms with Gasteiger partial charge in [0.25, 0.3) is 0 Å². The highest BCUT2D eigenvalue weighted by Crippen LogP contribution is 2.41. The molecule has 0 amide bonds. The van der Waals surface area contributed by atoms with Crippen LogP contribution in [0.3, 0.4) is 0 Å². The minimum Gasteiger partial charge on any atom is -0.256 e. The standard InChI is InChI=1S/C62H49N3/c1-44-20-35-62(65-43-44)54-33-34-58(59(42-54)53-15-11-14-52(41-53)49-12-3-2-4-13-49)57-17-6-5-16-56(57)55-39-47(23-21-45-25-29-50(30-26-45)60-18-7-9-36-63-60)38-48(40-55)24-22-46-27-31-51(32-28-46)61-19-8-10-37-64-61/h2-20,25-43H,21-24H2,1H3. The first-order valence-electron chi connectivity index (χ1n) is 22.6. The fraction of sp³-hybridized carbons (Fsp3) is 0.0806. The molecule has 3 heterocycles. The van der Waals surface area contributed by atoms with Gasteiger partial charge in [0.15, 0.2) is 0 Å². The number of aryl methyl sites for hydroxylation is 5. The maximum absolute atomic E-state index is 4.84. The van der Waals surface area contributed by atoms with Crippen molar-refractivity contribution in [3.05, 3.63) is 259 Å². The fourth-order valence-electron chi connectivity index (χ4n) is 8.82. The number of hydrogen-bond acceptors (Lipinski definition) is 3. The van der Waals surface area contributed by atoms with Crippen LogP contribution in [0.5, 0.6) is 0 Å². The van der Waals surface area contributed by atoms with E-state index < -0.39 is 0 Å². The zero-order valence-corrected chi connectivity index (χ0v) is 36.6. The van der Waals surface area contributed by atoms with Crippen LogP contribution >= 0.6 is 0 Å². The maximum atomic E-state index is 4.84. The number of aromatic nitrogens is 3. The van der Waals surface area contributed by atoms with Crippen LogP contribution in [-0.2, 0) is 25.7 Å². The summed E-state index contributed by atoms with van der Waals surface area (Å²) >= 11 is 0. The highest BCUT2D eigenvalue weighted by molar-refractivity contribution is 5.94. The monoisotopic (exact) mass is 835 g/mol. The summed E-state index contributed by atoms with van der Waals surface area (Å²) in [4.78, 5) is 14.0. The van der Waals surface area contributed by atoms with Gasteiger partial charge >= 0.3 is 0 Å². The van der Waals surface area contributed by atoms with E-state index in [1.54, 1.807) is 0 Å². The summed E-state index contributed by atoms with van der Waals surface area (Å²) in [6.45, 7) is 2.08. The molecule has 0 radical (unpaired) electrons. The second kappa shape index (κ2) is 19.2. The molecule has 0 unspecified atom stereocenters. The molecule has 65 heavy (non-hydrogen) atoms. The van der Waals surface area contributed by atoms with Gasteiger partial charge in [0.05, 0.1) is 17.1 Å². The van der Waals surface area contributed by atoms with Crippen molar-refractivity contribution in [2.24, 2.45) is 0 Å². The Labute approximate surface area is 382 Å². The summed E-state index contributed by atoms with van der Waals surface area (Å²) in [6, 6.07) is 76.9. The normalized spacial score (nSPS) is 11.1. The van der Waals surface area contributed by atoms with Crippen LogP contribution in [0.1, 0.15) is 27.8 Å². The van der Waals surface area contributed by atoms with E-state index in [0.29, 0.717) is 0 Å². The fourth-order valence-corrected chi connectivity index (χ4v) is 8.82. The highest BCUT2D eigenvalue weighted by Gasteiger charge is 2.17. The molecule has 0 fully saturated rings. The molecule has 0 spiro atoms. The minimum absolute atomic E-state index is 0.931. The lowest BCUT2D eigenvalue weighted by Gasteiger charge is -2.18. The topological polar surface area (TPSA) is 38.7 Å². The van der Waals surface area contributed by atoms with Gasteiger partial charge in [0.2, 0.25) is 0 Å². The highest BCUT2D eigenvalue weighted by atomic mass is 14.7. The zero-order chi connectivity index (χ0) is 43.8. The quantitative estimate of drug-likeness (QED) is 0.116. The molecule has 7 aromatic carbocycles. The summed E-state index contributed by atoms with van der Waals surface area (Å²) in [6.07, 6.45) is 9.40. The van der Waals surface area contributed by atoms with Gasteiger partial charge < -0.3 is 0 Å². The summed E-state index contributed by atoms with van der Waals surface area (Å²) in [5.74, 6) is 0. The number of hydrogen-bond donors (Lipinski definition) is 0. The molecule has 0 N–H and O–H groups in total. The Morgan fingerprint density at radius 2 is 0.800 bits per heavy atom. The van der Waals surface area contributed by atoms with Gasteiger partial charge in [0, 0.05) is 35.3 Å². The molecular formula is C62H49N3. The third-order valence-corrected chi connectivity index (χ3v) is 12.3. The van der Waals surface area contributed by atoms with Gasteiger partial charge in [-0.25, -0.2) is 0 Å². The third-order valence-electron chi connectivity index (χ3n) is 12.3. The molecule has 0 atom stereocenters. The molecule has 10 rings (SSSR count). The number of rotatable bonds is 13. The molecule has 312 valence electrons. The van der Waals surface area contributed by atoms with Crippen LogP contribution in [0.4, 0.5) is 0 Å². The average Bonchev–Trinajstić information content (AvgIpc) is 3.38. The molecule has 3 aromatic heterocycles. The van der Waals surface area contributed by atoms with E-state index in [0.717, 1.165) is 65.0 Å². The Morgan fingerprint density at radius 3 is 1.40 bits per heavy atom.